The molecule has 2 N–H and O–H groups in total. The lowest BCUT2D eigenvalue weighted by molar-refractivity contribution is 0.0936. The number of anilines is 1. The van der Waals surface area contributed by atoms with E-state index in [-0.39, 0.29) is 18.6 Å². The summed E-state index contributed by atoms with van der Waals surface area (Å²) >= 11 is 0. The minimum Gasteiger partial charge on any atom is -0.396 e. The fraction of sp³-hybridized carbons (Fsp3) is 0.562. The van der Waals surface area contributed by atoms with Gasteiger partial charge in [-0.1, -0.05) is 6.92 Å². The number of nitrogens with one attached hydrogen (secondary N) is 1. The SMILES string of the molecule is CCCN(C)c1ccc(C(=O)NC(C)CCCO)cc1. The van der Waals surface area contributed by atoms with Crippen LogP contribution in [0.5, 0.6) is 0 Å². The summed E-state index contributed by atoms with van der Waals surface area (Å²) in [4.78, 5) is 14.2. The number of benzene rings is 1. The molecule has 0 heterocycles. The number of aliphatic hydroxyl groups excluding tert-OH is 1. The lowest BCUT2D eigenvalue weighted by atomic mass is 10.1. The van der Waals surface area contributed by atoms with Crippen molar-refractivity contribution in [2.24, 2.45) is 0 Å². The first-order valence-corrected chi connectivity index (χ1v) is 7.31. The number of carbonyl (C=O) groups excluding carboxylic acids is 1. The Labute approximate surface area is 121 Å². The molecule has 1 atom stereocenters. The van der Waals surface area contributed by atoms with Gasteiger partial charge in [0.2, 0.25) is 0 Å². The van der Waals surface area contributed by atoms with Crippen molar-refractivity contribution in [1.82, 2.24) is 5.32 Å². The van der Waals surface area contributed by atoms with Crippen LogP contribution in [0.25, 0.3) is 0 Å². The lowest BCUT2D eigenvalue weighted by Crippen LogP contribution is -2.32. The highest BCUT2D eigenvalue weighted by atomic mass is 16.3. The van der Waals surface area contributed by atoms with E-state index in [0.29, 0.717) is 12.0 Å². The van der Waals surface area contributed by atoms with Crippen LogP contribution >= 0.6 is 0 Å². The first-order valence-electron chi connectivity index (χ1n) is 7.31. The van der Waals surface area contributed by atoms with Crippen molar-refractivity contribution in [3.8, 4) is 0 Å². The minimum atomic E-state index is -0.0554. The number of nitrogens with zero attached hydrogens (tertiary/aromatic N) is 1. The van der Waals surface area contributed by atoms with E-state index in [2.05, 4.69) is 24.2 Å². The van der Waals surface area contributed by atoms with Gasteiger partial charge in [0.05, 0.1) is 0 Å². The zero-order valence-electron chi connectivity index (χ0n) is 12.7. The number of amides is 1. The Balaban J connectivity index is 2.57. The molecule has 20 heavy (non-hydrogen) atoms. The van der Waals surface area contributed by atoms with Crippen LogP contribution in [-0.2, 0) is 0 Å². The third-order valence-corrected chi connectivity index (χ3v) is 3.30. The van der Waals surface area contributed by atoms with Crippen LogP contribution in [0.2, 0.25) is 0 Å². The highest BCUT2D eigenvalue weighted by molar-refractivity contribution is 5.94. The van der Waals surface area contributed by atoms with E-state index in [1.165, 1.54) is 0 Å². The topological polar surface area (TPSA) is 52.6 Å². The van der Waals surface area contributed by atoms with E-state index in [0.717, 1.165) is 25.1 Å². The Morgan fingerprint density at radius 3 is 2.55 bits per heavy atom. The smallest absolute Gasteiger partial charge is 0.251 e. The largest absolute Gasteiger partial charge is 0.396 e. The van der Waals surface area contributed by atoms with Gasteiger partial charge in [-0.25, -0.2) is 0 Å². The van der Waals surface area contributed by atoms with E-state index in [1.54, 1.807) is 0 Å². The Hall–Kier alpha value is -1.55. The van der Waals surface area contributed by atoms with Gasteiger partial charge in [-0.05, 0) is 50.5 Å². The monoisotopic (exact) mass is 278 g/mol. The maximum Gasteiger partial charge on any atom is 0.251 e. The molecule has 1 unspecified atom stereocenters. The van der Waals surface area contributed by atoms with Crippen LogP contribution in [0.15, 0.2) is 24.3 Å². The summed E-state index contributed by atoms with van der Waals surface area (Å²) in [6.07, 6.45) is 2.60. The average molecular weight is 278 g/mol. The summed E-state index contributed by atoms with van der Waals surface area (Å²) < 4.78 is 0. The molecule has 0 aliphatic rings. The molecule has 1 amide bonds. The first-order chi connectivity index (χ1) is 9.58. The van der Waals surface area contributed by atoms with Gasteiger partial charge in [0.1, 0.15) is 0 Å². The van der Waals surface area contributed by atoms with Crippen LogP contribution in [0.1, 0.15) is 43.5 Å². The summed E-state index contributed by atoms with van der Waals surface area (Å²) in [5.74, 6) is -0.0554. The molecule has 1 aromatic carbocycles. The van der Waals surface area contributed by atoms with E-state index < -0.39 is 0 Å². The summed E-state index contributed by atoms with van der Waals surface area (Å²) in [5.41, 5.74) is 1.80. The van der Waals surface area contributed by atoms with Gasteiger partial charge in [0.15, 0.2) is 0 Å². The van der Waals surface area contributed by atoms with E-state index >= 15 is 0 Å². The van der Waals surface area contributed by atoms with E-state index in [4.69, 9.17) is 5.11 Å². The molecule has 0 aliphatic heterocycles. The summed E-state index contributed by atoms with van der Waals surface area (Å²) in [6.45, 7) is 5.27. The first kappa shape index (κ1) is 16.5. The number of rotatable bonds is 8. The van der Waals surface area contributed by atoms with Gasteiger partial charge in [-0.2, -0.15) is 0 Å². The Kier molecular flexibility index (Phi) is 7.09. The molecule has 0 bridgehead atoms. The third-order valence-electron chi connectivity index (χ3n) is 3.30. The Morgan fingerprint density at radius 2 is 2.00 bits per heavy atom. The standard InChI is InChI=1S/C16H26N2O2/c1-4-11-18(3)15-9-7-14(8-10-15)16(20)17-13(2)6-5-12-19/h7-10,13,19H,4-6,11-12H2,1-3H3,(H,17,20). The van der Waals surface area contributed by atoms with Crippen LogP contribution in [0.4, 0.5) is 5.69 Å². The molecule has 0 aliphatic carbocycles. The van der Waals surface area contributed by atoms with Crippen molar-refractivity contribution < 1.29 is 9.90 Å². The number of hydrogen-bond donors (Lipinski definition) is 2. The second kappa shape index (κ2) is 8.59. The summed E-state index contributed by atoms with van der Waals surface area (Å²) in [6, 6.07) is 7.74. The van der Waals surface area contributed by atoms with Crippen LogP contribution in [-0.4, -0.2) is 37.3 Å². The van der Waals surface area contributed by atoms with Crippen molar-refractivity contribution in [1.29, 1.82) is 0 Å². The normalized spacial score (nSPS) is 12.0. The van der Waals surface area contributed by atoms with Crippen molar-refractivity contribution in [2.75, 3.05) is 25.1 Å². The molecule has 4 nitrogen and oxygen atoms in total. The van der Waals surface area contributed by atoms with Gasteiger partial charge in [-0.3, -0.25) is 4.79 Å². The van der Waals surface area contributed by atoms with Gasteiger partial charge in [-0.15, -0.1) is 0 Å². The van der Waals surface area contributed by atoms with Crippen LogP contribution in [0.3, 0.4) is 0 Å². The Bertz CT molecular complexity index is 403. The van der Waals surface area contributed by atoms with Gasteiger partial charge in [0, 0.05) is 37.5 Å². The summed E-state index contributed by atoms with van der Waals surface area (Å²) in [5, 5.41) is 11.7. The van der Waals surface area contributed by atoms with E-state index in [1.807, 2.05) is 31.2 Å². The molecule has 0 saturated carbocycles. The molecule has 0 radical (unpaired) electrons. The number of carbonyl (C=O) groups is 1. The molecular formula is C16H26N2O2. The van der Waals surface area contributed by atoms with Crippen molar-refractivity contribution in [3.63, 3.8) is 0 Å². The predicted molar refractivity (Wildman–Crippen MR) is 83.3 cm³/mol. The van der Waals surface area contributed by atoms with Crippen molar-refractivity contribution >= 4 is 11.6 Å². The van der Waals surface area contributed by atoms with Crippen molar-refractivity contribution in [2.45, 2.75) is 39.2 Å². The molecule has 4 heteroatoms. The second-order valence-electron chi connectivity index (χ2n) is 5.21. The average Bonchev–Trinajstić information content (AvgIpc) is 2.45. The van der Waals surface area contributed by atoms with Crippen molar-refractivity contribution in [3.05, 3.63) is 29.8 Å². The zero-order chi connectivity index (χ0) is 15.0. The molecule has 0 saturated heterocycles. The maximum atomic E-state index is 12.0. The van der Waals surface area contributed by atoms with Gasteiger partial charge >= 0.3 is 0 Å². The third kappa shape index (κ3) is 5.21. The zero-order valence-corrected chi connectivity index (χ0v) is 12.7. The second-order valence-corrected chi connectivity index (χ2v) is 5.21. The fourth-order valence-electron chi connectivity index (χ4n) is 2.11. The van der Waals surface area contributed by atoms with E-state index in [9.17, 15) is 4.79 Å². The molecular weight excluding hydrogens is 252 g/mol. The minimum absolute atomic E-state index is 0.0554. The molecule has 0 aromatic heterocycles. The number of aliphatic hydroxyl groups is 1. The molecule has 0 fully saturated rings. The molecule has 1 aromatic rings. The number of hydrogen-bond acceptors (Lipinski definition) is 3. The van der Waals surface area contributed by atoms with Crippen LogP contribution < -0.4 is 10.2 Å². The Morgan fingerprint density at radius 1 is 1.35 bits per heavy atom. The quantitative estimate of drug-likeness (QED) is 0.768. The molecule has 1 rings (SSSR count). The van der Waals surface area contributed by atoms with Crippen LogP contribution in [0, 0.1) is 0 Å². The maximum absolute atomic E-state index is 12.0. The highest BCUT2D eigenvalue weighted by Crippen LogP contribution is 2.14. The molecule has 112 valence electrons. The molecule has 0 spiro atoms. The van der Waals surface area contributed by atoms with Gasteiger partial charge in [0.25, 0.3) is 5.91 Å². The lowest BCUT2D eigenvalue weighted by Gasteiger charge is -2.19. The fourth-order valence-corrected chi connectivity index (χ4v) is 2.11. The summed E-state index contributed by atoms with van der Waals surface area (Å²) in [7, 11) is 2.05. The van der Waals surface area contributed by atoms with Gasteiger partial charge < -0.3 is 15.3 Å². The highest BCUT2D eigenvalue weighted by Gasteiger charge is 2.10. The predicted octanol–water partition coefficient (Wildman–Crippen LogP) is 2.42.